The van der Waals surface area contributed by atoms with Crippen LogP contribution in [0.1, 0.15) is 28.9 Å². The van der Waals surface area contributed by atoms with E-state index in [-0.39, 0.29) is 22.8 Å². The van der Waals surface area contributed by atoms with Crippen molar-refractivity contribution in [3.63, 3.8) is 0 Å². The van der Waals surface area contributed by atoms with Crippen LogP contribution in [0.25, 0.3) is 0 Å². The van der Waals surface area contributed by atoms with Crippen LogP contribution in [0, 0.1) is 5.82 Å². The summed E-state index contributed by atoms with van der Waals surface area (Å²) in [6, 6.07) is 2.88. The fourth-order valence-corrected chi connectivity index (χ4v) is 2.87. The van der Waals surface area contributed by atoms with Gasteiger partial charge in [0.2, 0.25) is 5.89 Å². The maximum Gasteiger partial charge on any atom is 0.283 e. The number of halogens is 4. The molecule has 3 atom stereocenters. The lowest BCUT2D eigenvalue weighted by Gasteiger charge is -2.37. The number of hydrogen-bond donors (Lipinski definition) is 2. The van der Waals surface area contributed by atoms with Gasteiger partial charge in [-0.2, -0.15) is 0 Å². The van der Waals surface area contributed by atoms with Crippen LogP contribution >= 0.6 is 0 Å². The minimum atomic E-state index is -2.03. The van der Waals surface area contributed by atoms with Crippen LogP contribution in [-0.4, -0.2) is 35.9 Å². The molecule has 0 aliphatic carbocycles. The first-order chi connectivity index (χ1) is 13.3. The number of rotatable bonds is 5. The van der Waals surface area contributed by atoms with E-state index in [1.165, 1.54) is 13.0 Å². The van der Waals surface area contributed by atoms with Gasteiger partial charge in [0, 0.05) is 11.3 Å². The Kier molecular flexibility index (Phi) is 5.25. The number of carbonyl (C=O) groups is 1. The molecule has 0 fully saturated rings. The Morgan fingerprint density at radius 3 is 2.79 bits per heavy atom. The number of ether oxygens (including phenoxy) is 1. The lowest BCUT2D eigenvalue weighted by Crippen LogP contribution is -2.50. The summed E-state index contributed by atoms with van der Waals surface area (Å²) in [6.45, 7) is -0.930. The number of alkyl halides is 3. The highest BCUT2D eigenvalue weighted by atomic mass is 19.1. The van der Waals surface area contributed by atoms with Gasteiger partial charge >= 0.3 is 0 Å². The number of carbonyl (C=O) groups excluding carboxylic acids is 1. The number of nitrogens with two attached hydrogens (primary N) is 1. The number of benzene rings is 1. The van der Waals surface area contributed by atoms with Crippen molar-refractivity contribution in [1.82, 2.24) is 4.98 Å². The highest BCUT2D eigenvalue weighted by Crippen LogP contribution is 2.39. The minimum Gasteiger partial charge on any atom is -0.456 e. The molecule has 3 N–H and O–H groups in total. The predicted octanol–water partition coefficient (Wildman–Crippen LogP) is 2.77. The third kappa shape index (κ3) is 3.51. The van der Waals surface area contributed by atoms with Crippen LogP contribution in [0.15, 0.2) is 33.9 Å². The number of nitrogens with one attached hydrogen (secondary N) is 1. The van der Waals surface area contributed by atoms with Gasteiger partial charge in [-0.1, -0.05) is 0 Å². The average molecular weight is 400 g/mol. The number of oxazole rings is 1. The summed E-state index contributed by atoms with van der Waals surface area (Å²) in [5.41, 5.74) is 3.24. The van der Waals surface area contributed by atoms with E-state index in [9.17, 15) is 22.4 Å². The number of amides is 1. The third-order valence-electron chi connectivity index (χ3n) is 4.30. The van der Waals surface area contributed by atoms with Crippen molar-refractivity contribution in [3.8, 4) is 0 Å². The van der Waals surface area contributed by atoms with Gasteiger partial charge in [0.1, 0.15) is 24.3 Å². The first-order valence-electron chi connectivity index (χ1n) is 8.12. The van der Waals surface area contributed by atoms with Gasteiger partial charge in [-0.05, 0) is 25.1 Å². The Morgan fingerprint density at radius 2 is 2.14 bits per heavy atom. The summed E-state index contributed by atoms with van der Waals surface area (Å²) in [5, 5.41) is 2.41. The van der Waals surface area contributed by atoms with Crippen LogP contribution in [0.2, 0.25) is 0 Å². The zero-order valence-corrected chi connectivity index (χ0v) is 14.6. The molecule has 0 radical (unpaired) electrons. The van der Waals surface area contributed by atoms with Crippen molar-refractivity contribution in [3.05, 3.63) is 47.4 Å². The van der Waals surface area contributed by atoms with Crippen LogP contribution in [-0.2, 0) is 17.0 Å². The Labute approximate surface area is 156 Å². The fraction of sp³-hybridized carbons (Fsp3) is 0.353. The van der Waals surface area contributed by atoms with E-state index >= 15 is 0 Å². The molecule has 2 aromatic rings. The average Bonchev–Trinajstić information content (AvgIpc) is 3.15. The van der Waals surface area contributed by atoms with Gasteiger partial charge in [-0.15, -0.1) is 0 Å². The third-order valence-corrected chi connectivity index (χ3v) is 4.30. The largest absolute Gasteiger partial charge is 0.456 e. The number of nitrogens with zero attached hydrogens (tertiary/aromatic N) is 2. The zero-order chi connectivity index (χ0) is 20.5. The molecular formula is C17H16F4N4O3. The van der Waals surface area contributed by atoms with Crippen molar-refractivity contribution >= 4 is 17.6 Å². The Balaban J connectivity index is 1.93. The molecular weight excluding hydrogens is 384 g/mol. The van der Waals surface area contributed by atoms with Gasteiger partial charge in [-0.25, -0.2) is 27.5 Å². The maximum absolute atomic E-state index is 14.8. The molecule has 11 heteroatoms. The Morgan fingerprint density at radius 1 is 1.39 bits per heavy atom. The van der Waals surface area contributed by atoms with Crippen molar-refractivity contribution in [2.24, 2.45) is 10.7 Å². The summed E-state index contributed by atoms with van der Waals surface area (Å²) >= 11 is 0. The normalized spacial score (nSPS) is 24.4. The SMILES string of the molecule is C[C@]1(c2cc(NC(=O)c3coc(CF)n3)ccc2F)N=C(N)O[C@H](CF)[C@@H]1F. The highest BCUT2D eigenvalue weighted by molar-refractivity contribution is 6.02. The molecule has 3 rings (SSSR count). The molecule has 1 amide bonds. The molecule has 0 saturated heterocycles. The van der Waals surface area contributed by atoms with Crippen LogP contribution < -0.4 is 11.1 Å². The molecule has 0 spiro atoms. The molecule has 0 unspecified atom stereocenters. The van der Waals surface area contributed by atoms with Crippen LogP contribution in [0.3, 0.4) is 0 Å². The molecule has 2 heterocycles. The molecule has 1 aliphatic rings. The molecule has 7 nitrogen and oxygen atoms in total. The van der Waals surface area contributed by atoms with Gasteiger partial charge in [-0.3, -0.25) is 4.79 Å². The quantitative estimate of drug-likeness (QED) is 0.752. The smallest absolute Gasteiger partial charge is 0.283 e. The standard InChI is InChI=1S/C17H16F4N4O3/c1-17(14(21)12(5-18)28-16(22)25-17)9-4-8(2-3-10(9)20)23-15(26)11-7-27-13(6-19)24-11/h2-4,7,12,14H,5-6H2,1H3,(H2,22,25)(H,23,26)/t12-,14+,17-/m1/s1. The van der Waals surface area contributed by atoms with Gasteiger partial charge in [0.15, 0.2) is 24.6 Å². The van der Waals surface area contributed by atoms with E-state index in [1.807, 2.05) is 0 Å². The van der Waals surface area contributed by atoms with Crippen LogP contribution in [0.5, 0.6) is 0 Å². The second kappa shape index (κ2) is 7.49. The minimum absolute atomic E-state index is 0.0803. The summed E-state index contributed by atoms with van der Waals surface area (Å²) < 4.78 is 64.3. The summed E-state index contributed by atoms with van der Waals surface area (Å²) in [5.74, 6) is -1.86. The second-order valence-electron chi connectivity index (χ2n) is 6.22. The van der Waals surface area contributed by atoms with E-state index in [2.05, 4.69) is 15.3 Å². The Bertz CT molecular complexity index is 920. The van der Waals surface area contributed by atoms with Crippen molar-refractivity contribution < 1.29 is 31.5 Å². The summed E-state index contributed by atoms with van der Waals surface area (Å²) in [6.07, 6.45) is -2.62. The number of aromatic nitrogens is 1. The number of anilines is 1. The maximum atomic E-state index is 14.8. The topological polar surface area (TPSA) is 103 Å². The van der Waals surface area contributed by atoms with E-state index in [0.717, 1.165) is 18.4 Å². The molecule has 1 aliphatic heterocycles. The number of amidine groups is 1. The number of hydrogen-bond acceptors (Lipinski definition) is 6. The summed E-state index contributed by atoms with van der Waals surface area (Å²) in [7, 11) is 0. The zero-order valence-electron chi connectivity index (χ0n) is 14.6. The number of aliphatic imine (C=N–C) groups is 1. The van der Waals surface area contributed by atoms with E-state index < -0.39 is 48.9 Å². The van der Waals surface area contributed by atoms with Crippen molar-refractivity contribution in [1.29, 1.82) is 0 Å². The van der Waals surface area contributed by atoms with Gasteiger partial charge < -0.3 is 20.2 Å². The van der Waals surface area contributed by atoms with Gasteiger partial charge in [0.05, 0.1) is 0 Å². The van der Waals surface area contributed by atoms with Crippen molar-refractivity contribution in [2.45, 2.75) is 31.4 Å². The fourth-order valence-electron chi connectivity index (χ4n) is 2.87. The second-order valence-corrected chi connectivity index (χ2v) is 6.22. The monoisotopic (exact) mass is 400 g/mol. The first-order valence-corrected chi connectivity index (χ1v) is 8.12. The lowest BCUT2D eigenvalue weighted by molar-refractivity contribution is 0.00453. The molecule has 0 saturated carbocycles. The van der Waals surface area contributed by atoms with Gasteiger partial charge in [0.25, 0.3) is 11.9 Å². The predicted molar refractivity (Wildman–Crippen MR) is 90.4 cm³/mol. The molecule has 28 heavy (non-hydrogen) atoms. The highest BCUT2D eigenvalue weighted by Gasteiger charge is 2.48. The van der Waals surface area contributed by atoms with E-state index in [1.54, 1.807) is 0 Å². The lowest BCUT2D eigenvalue weighted by atomic mass is 9.84. The molecule has 0 bridgehead atoms. The van der Waals surface area contributed by atoms with Crippen LogP contribution in [0.4, 0.5) is 23.2 Å². The molecule has 1 aromatic carbocycles. The summed E-state index contributed by atoms with van der Waals surface area (Å²) in [4.78, 5) is 19.6. The van der Waals surface area contributed by atoms with Crippen molar-refractivity contribution in [2.75, 3.05) is 12.0 Å². The van der Waals surface area contributed by atoms with E-state index in [0.29, 0.717) is 0 Å². The Hall–Kier alpha value is -3.11. The molecule has 150 valence electrons. The van der Waals surface area contributed by atoms with E-state index in [4.69, 9.17) is 14.9 Å². The first kappa shape index (κ1) is 19.6. The molecule has 1 aromatic heterocycles.